The highest BCUT2D eigenvalue weighted by Crippen LogP contribution is 2.26. The first-order valence-corrected chi connectivity index (χ1v) is 9.40. The smallest absolute Gasteiger partial charge is 0.238 e. The van der Waals surface area contributed by atoms with E-state index >= 15 is 0 Å². The lowest BCUT2D eigenvalue weighted by Gasteiger charge is -2.22. The summed E-state index contributed by atoms with van der Waals surface area (Å²) >= 11 is 1.26. The summed E-state index contributed by atoms with van der Waals surface area (Å²) in [4.78, 5) is 29.1. The van der Waals surface area contributed by atoms with Crippen molar-refractivity contribution >= 4 is 40.1 Å². The summed E-state index contributed by atoms with van der Waals surface area (Å²) in [6, 6.07) is 12.9. The van der Waals surface area contributed by atoms with E-state index in [-0.39, 0.29) is 18.2 Å². The highest BCUT2D eigenvalue weighted by molar-refractivity contribution is 8.15. The van der Waals surface area contributed by atoms with Gasteiger partial charge in [-0.05, 0) is 61.4 Å². The molecule has 0 aliphatic carbocycles. The lowest BCUT2D eigenvalue weighted by Crippen LogP contribution is -2.41. The SMILES string of the molecule is COc1ccc(NC(=O)[C@@H]2CC(=O)NC(=Nc3ccc(C)c(C)c3)S2)cc1. The van der Waals surface area contributed by atoms with Crippen LogP contribution in [0.4, 0.5) is 11.4 Å². The van der Waals surface area contributed by atoms with Gasteiger partial charge in [0, 0.05) is 12.1 Å². The molecule has 2 N–H and O–H groups in total. The normalized spacial score (nSPS) is 18.1. The molecular formula is C20H21N3O3S. The maximum absolute atomic E-state index is 12.6. The van der Waals surface area contributed by atoms with Crippen molar-refractivity contribution in [2.75, 3.05) is 12.4 Å². The van der Waals surface area contributed by atoms with Crippen LogP contribution in [0.2, 0.25) is 0 Å². The number of carbonyl (C=O) groups excluding carboxylic acids is 2. The minimum absolute atomic E-state index is 0.110. The number of amidine groups is 1. The number of hydrogen-bond acceptors (Lipinski definition) is 5. The molecule has 1 atom stereocenters. The Morgan fingerprint density at radius 3 is 2.59 bits per heavy atom. The standard InChI is InChI=1S/C20H21N3O3S/c1-12-4-5-15(10-13(12)2)22-20-23-18(24)11-17(27-20)19(25)21-14-6-8-16(26-3)9-7-14/h4-10,17H,11H2,1-3H3,(H,21,25)(H,22,23,24)/t17-/m0/s1. The van der Waals surface area contributed by atoms with E-state index in [0.29, 0.717) is 16.6 Å². The number of amides is 2. The highest BCUT2D eigenvalue weighted by atomic mass is 32.2. The number of rotatable bonds is 4. The first kappa shape index (κ1) is 19.0. The predicted octanol–water partition coefficient (Wildman–Crippen LogP) is 3.56. The van der Waals surface area contributed by atoms with E-state index in [9.17, 15) is 9.59 Å². The Morgan fingerprint density at radius 2 is 1.93 bits per heavy atom. The third-order valence-electron chi connectivity index (χ3n) is 4.24. The average Bonchev–Trinajstić information content (AvgIpc) is 2.65. The molecule has 27 heavy (non-hydrogen) atoms. The van der Waals surface area contributed by atoms with E-state index in [1.807, 2.05) is 32.0 Å². The largest absolute Gasteiger partial charge is 0.497 e. The number of nitrogens with zero attached hydrogens (tertiary/aromatic N) is 1. The van der Waals surface area contributed by atoms with Gasteiger partial charge in [-0.25, -0.2) is 4.99 Å². The lowest BCUT2D eigenvalue weighted by atomic mass is 10.1. The van der Waals surface area contributed by atoms with Crippen molar-refractivity contribution in [3.8, 4) is 5.75 Å². The molecule has 1 fully saturated rings. The molecular weight excluding hydrogens is 362 g/mol. The van der Waals surface area contributed by atoms with Crippen LogP contribution in [0.15, 0.2) is 47.5 Å². The van der Waals surface area contributed by atoms with Gasteiger partial charge in [-0.2, -0.15) is 0 Å². The number of anilines is 1. The molecule has 6 nitrogen and oxygen atoms in total. The molecule has 0 radical (unpaired) electrons. The maximum Gasteiger partial charge on any atom is 0.238 e. The Morgan fingerprint density at radius 1 is 1.19 bits per heavy atom. The van der Waals surface area contributed by atoms with E-state index in [1.54, 1.807) is 31.4 Å². The molecule has 0 unspecified atom stereocenters. The molecule has 0 aromatic heterocycles. The van der Waals surface area contributed by atoms with Gasteiger partial charge in [-0.1, -0.05) is 17.8 Å². The average molecular weight is 383 g/mol. The molecule has 140 valence electrons. The zero-order valence-corrected chi connectivity index (χ0v) is 16.2. The Labute approximate surface area is 162 Å². The minimum atomic E-state index is -0.536. The van der Waals surface area contributed by atoms with Gasteiger partial charge in [0.1, 0.15) is 11.0 Å². The van der Waals surface area contributed by atoms with Crippen molar-refractivity contribution in [2.24, 2.45) is 4.99 Å². The van der Waals surface area contributed by atoms with Crippen LogP contribution in [0.5, 0.6) is 5.75 Å². The van der Waals surface area contributed by atoms with Crippen LogP contribution in [0, 0.1) is 13.8 Å². The molecule has 1 heterocycles. The van der Waals surface area contributed by atoms with Crippen molar-refractivity contribution in [3.05, 3.63) is 53.6 Å². The number of benzene rings is 2. The van der Waals surface area contributed by atoms with E-state index in [1.165, 1.54) is 17.3 Å². The number of aliphatic imine (C=N–C) groups is 1. The summed E-state index contributed by atoms with van der Waals surface area (Å²) in [5.74, 6) is 0.265. The summed E-state index contributed by atoms with van der Waals surface area (Å²) in [5, 5.41) is 5.47. The van der Waals surface area contributed by atoms with Crippen LogP contribution in [-0.4, -0.2) is 29.3 Å². The number of methoxy groups -OCH3 is 1. The number of nitrogens with one attached hydrogen (secondary N) is 2. The first-order valence-electron chi connectivity index (χ1n) is 8.52. The lowest BCUT2D eigenvalue weighted by molar-refractivity contribution is -0.123. The van der Waals surface area contributed by atoms with Gasteiger partial charge in [-0.15, -0.1) is 0 Å². The number of carbonyl (C=O) groups is 2. The van der Waals surface area contributed by atoms with Gasteiger partial charge in [0.15, 0.2) is 5.17 Å². The van der Waals surface area contributed by atoms with Gasteiger partial charge in [0.05, 0.1) is 12.8 Å². The Kier molecular flexibility index (Phi) is 5.81. The zero-order chi connectivity index (χ0) is 19.4. The molecule has 1 aliphatic rings. The zero-order valence-electron chi connectivity index (χ0n) is 15.4. The van der Waals surface area contributed by atoms with Crippen molar-refractivity contribution < 1.29 is 14.3 Å². The van der Waals surface area contributed by atoms with Gasteiger partial charge < -0.3 is 15.4 Å². The van der Waals surface area contributed by atoms with E-state index < -0.39 is 5.25 Å². The Hall–Kier alpha value is -2.80. The summed E-state index contributed by atoms with van der Waals surface area (Å²) in [5.41, 5.74) is 3.70. The van der Waals surface area contributed by atoms with Gasteiger partial charge in [0.25, 0.3) is 0 Å². The summed E-state index contributed by atoms with van der Waals surface area (Å²) in [6.07, 6.45) is 0.110. The topological polar surface area (TPSA) is 79.8 Å². The van der Waals surface area contributed by atoms with Crippen molar-refractivity contribution in [1.29, 1.82) is 0 Å². The molecule has 0 saturated carbocycles. The second kappa shape index (κ2) is 8.26. The molecule has 1 aliphatic heterocycles. The quantitative estimate of drug-likeness (QED) is 0.846. The second-order valence-corrected chi connectivity index (χ2v) is 7.45. The third kappa shape index (κ3) is 4.89. The molecule has 0 bridgehead atoms. The van der Waals surface area contributed by atoms with Gasteiger partial charge in [-0.3, -0.25) is 9.59 Å². The van der Waals surface area contributed by atoms with E-state index in [2.05, 4.69) is 15.6 Å². The minimum Gasteiger partial charge on any atom is -0.497 e. The first-order chi connectivity index (χ1) is 12.9. The molecule has 1 saturated heterocycles. The molecule has 2 aromatic rings. The summed E-state index contributed by atoms with van der Waals surface area (Å²) in [6.45, 7) is 4.04. The van der Waals surface area contributed by atoms with Crippen LogP contribution >= 0.6 is 11.8 Å². The van der Waals surface area contributed by atoms with Crippen LogP contribution in [0.1, 0.15) is 17.5 Å². The number of aryl methyl sites for hydroxylation is 2. The maximum atomic E-state index is 12.6. The predicted molar refractivity (Wildman–Crippen MR) is 109 cm³/mol. The summed E-state index contributed by atoms with van der Waals surface area (Å²) < 4.78 is 5.11. The van der Waals surface area contributed by atoms with Crippen molar-refractivity contribution in [3.63, 3.8) is 0 Å². The number of hydrogen-bond donors (Lipinski definition) is 2. The van der Waals surface area contributed by atoms with Gasteiger partial charge >= 0.3 is 0 Å². The second-order valence-electron chi connectivity index (χ2n) is 6.26. The number of ether oxygens (including phenoxy) is 1. The fraction of sp³-hybridized carbons (Fsp3) is 0.250. The van der Waals surface area contributed by atoms with E-state index in [4.69, 9.17) is 4.74 Å². The van der Waals surface area contributed by atoms with Crippen LogP contribution in [0.3, 0.4) is 0 Å². The van der Waals surface area contributed by atoms with Crippen LogP contribution in [0.25, 0.3) is 0 Å². The summed E-state index contributed by atoms with van der Waals surface area (Å²) in [7, 11) is 1.58. The van der Waals surface area contributed by atoms with Crippen molar-refractivity contribution in [1.82, 2.24) is 5.32 Å². The van der Waals surface area contributed by atoms with Crippen LogP contribution < -0.4 is 15.4 Å². The molecule has 3 rings (SSSR count). The molecule has 0 spiro atoms. The Bertz CT molecular complexity index is 894. The third-order valence-corrected chi connectivity index (χ3v) is 5.32. The molecule has 2 aromatic carbocycles. The fourth-order valence-electron chi connectivity index (χ4n) is 2.55. The van der Waals surface area contributed by atoms with Gasteiger partial charge in [0.2, 0.25) is 11.8 Å². The highest BCUT2D eigenvalue weighted by Gasteiger charge is 2.30. The molecule has 7 heteroatoms. The molecule has 2 amide bonds. The van der Waals surface area contributed by atoms with Crippen molar-refractivity contribution in [2.45, 2.75) is 25.5 Å². The Balaban J connectivity index is 1.71. The monoisotopic (exact) mass is 383 g/mol. The van der Waals surface area contributed by atoms with Crippen LogP contribution in [-0.2, 0) is 9.59 Å². The van der Waals surface area contributed by atoms with E-state index in [0.717, 1.165) is 11.3 Å². The number of thioether (sulfide) groups is 1. The fourth-order valence-corrected chi connectivity index (χ4v) is 3.56.